The predicted molar refractivity (Wildman–Crippen MR) is 109 cm³/mol. The Kier molecular flexibility index (Phi) is 5.65. The van der Waals surface area contributed by atoms with E-state index in [2.05, 4.69) is 20.2 Å². The average Bonchev–Trinajstić information content (AvgIpc) is 2.73. The number of hydrogen-bond acceptors (Lipinski definition) is 9. The van der Waals surface area contributed by atoms with Crippen molar-refractivity contribution in [2.45, 2.75) is 6.10 Å². The summed E-state index contributed by atoms with van der Waals surface area (Å²) in [6.07, 6.45) is -1.58. The van der Waals surface area contributed by atoms with E-state index in [0.29, 0.717) is 0 Å². The number of nitro groups is 2. The number of benzene rings is 2. The number of nitro benzene ring substituents is 2. The first-order valence-corrected chi connectivity index (χ1v) is 8.45. The van der Waals surface area contributed by atoms with Crippen LogP contribution >= 0.6 is 0 Å². The van der Waals surface area contributed by atoms with Gasteiger partial charge in [-0.2, -0.15) is 0 Å². The van der Waals surface area contributed by atoms with Crippen LogP contribution in [-0.4, -0.2) is 36.6 Å². The summed E-state index contributed by atoms with van der Waals surface area (Å²) in [5, 5.41) is 39.7. The molecule has 14 nitrogen and oxygen atoms in total. The maximum atomic E-state index is 12.6. The van der Waals surface area contributed by atoms with Crippen LogP contribution in [0.2, 0.25) is 0 Å². The van der Waals surface area contributed by atoms with Crippen molar-refractivity contribution in [1.82, 2.24) is 9.97 Å². The summed E-state index contributed by atoms with van der Waals surface area (Å²) in [5.74, 6) is -0.457. The second kappa shape index (κ2) is 8.34. The Balaban J connectivity index is 2.14. The molecule has 1 aromatic heterocycles. The van der Waals surface area contributed by atoms with Gasteiger partial charge in [-0.1, -0.05) is 0 Å². The maximum absolute atomic E-state index is 12.6. The van der Waals surface area contributed by atoms with Crippen molar-refractivity contribution in [2.24, 2.45) is 21.7 Å². The predicted octanol–water partition coefficient (Wildman–Crippen LogP) is 0.451. The van der Waals surface area contributed by atoms with E-state index in [1.54, 1.807) is 0 Å². The van der Waals surface area contributed by atoms with Crippen LogP contribution in [0.4, 0.5) is 11.4 Å². The lowest BCUT2D eigenvalue weighted by Crippen LogP contribution is -2.26. The third kappa shape index (κ3) is 4.48. The molecule has 1 atom stereocenters. The molecule has 1 unspecified atom stereocenters. The molecule has 14 heteroatoms. The second-order valence-corrected chi connectivity index (χ2v) is 6.13. The van der Waals surface area contributed by atoms with Crippen LogP contribution in [-0.2, 0) is 0 Å². The molecule has 158 valence electrons. The largest absolute Gasteiger partial charge is 0.382 e. The van der Waals surface area contributed by atoms with Crippen LogP contribution in [0, 0.1) is 20.2 Å². The van der Waals surface area contributed by atoms with Gasteiger partial charge in [-0.3, -0.25) is 25.0 Å². The van der Waals surface area contributed by atoms with Gasteiger partial charge in [0.2, 0.25) is 5.96 Å². The molecule has 0 saturated carbocycles. The van der Waals surface area contributed by atoms with Gasteiger partial charge in [-0.15, -0.1) is 10.2 Å². The van der Waals surface area contributed by atoms with Crippen LogP contribution in [0.25, 0.3) is 11.0 Å². The molecular formula is C17H14N8O6. The summed E-state index contributed by atoms with van der Waals surface area (Å²) < 4.78 is 0. The topological polar surface area (TPSA) is 229 Å². The normalized spacial score (nSPS) is 12.4. The van der Waals surface area contributed by atoms with Gasteiger partial charge in [-0.25, -0.2) is 4.98 Å². The standard InChI is InChI=1S/C17H14N8O6/c18-17(19)23-22-13(15(26)8-1-3-9(4-2-8)24(28)29)14-16(27)21-12-7-10(25(30)31)5-6-11(12)20-14/h1-7,15,26H,(H,21,27)(H4,18,19,23)/b22-13-. The smallest absolute Gasteiger partial charge is 0.276 e. The Bertz CT molecular complexity index is 1290. The number of aromatic nitrogens is 2. The van der Waals surface area contributed by atoms with Crippen molar-refractivity contribution in [2.75, 3.05) is 0 Å². The van der Waals surface area contributed by atoms with Gasteiger partial charge in [0.25, 0.3) is 16.9 Å². The molecule has 0 spiro atoms. The third-order valence-electron chi connectivity index (χ3n) is 4.08. The molecule has 3 aromatic rings. The van der Waals surface area contributed by atoms with Gasteiger partial charge in [0.15, 0.2) is 5.69 Å². The number of aliphatic hydroxyl groups is 1. The minimum absolute atomic E-state index is 0.0916. The Morgan fingerprint density at radius 1 is 1.03 bits per heavy atom. The molecule has 0 aliphatic carbocycles. The number of non-ortho nitro benzene ring substituents is 2. The van der Waals surface area contributed by atoms with Crippen LogP contribution in [0.1, 0.15) is 17.4 Å². The second-order valence-electron chi connectivity index (χ2n) is 6.13. The van der Waals surface area contributed by atoms with Crippen molar-refractivity contribution >= 4 is 34.1 Å². The van der Waals surface area contributed by atoms with Gasteiger partial charge in [-0.05, 0) is 23.8 Å². The van der Waals surface area contributed by atoms with E-state index < -0.39 is 27.5 Å². The fourth-order valence-corrected chi connectivity index (χ4v) is 2.64. The Hall–Kier alpha value is -4.72. The lowest BCUT2D eigenvalue weighted by Gasteiger charge is -2.13. The zero-order valence-electron chi connectivity index (χ0n) is 15.5. The SMILES string of the molecule is NC(N)=N/N=C(/c1nc2ccc([N+](=O)[O-])cc2[nH]c1=O)C(O)c1ccc([N+](=O)[O-])cc1. The first-order valence-electron chi connectivity index (χ1n) is 8.45. The number of H-pyrrole nitrogens is 1. The zero-order valence-corrected chi connectivity index (χ0v) is 15.5. The minimum atomic E-state index is -1.58. The molecule has 0 aliphatic rings. The fourth-order valence-electron chi connectivity index (χ4n) is 2.64. The Morgan fingerprint density at radius 3 is 2.23 bits per heavy atom. The highest BCUT2D eigenvalue weighted by Crippen LogP contribution is 2.22. The van der Waals surface area contributed by atoms with Crippen molar-refractivity contribution in [1.29, 1.82) is 0 Å². The number of guanidine groups is 1. The number of aromatic amines is 1. The molecular weight excluding hydrogens is 412 g/mol. The fraction of sp³-hybridized carbons (Fsp3) is 0.0588. The average molecular weight is 426 g/mol. The van der Waals surface area contributed by atoms with E-state index in [1.165, 1.54) is 24.3 Å². The third-order valence-corrected chi connectivity index (χ3v) is 4.08. The van der Waals surface area contributed by atoms with Crippen molar-refractivity contribution in [3.8, 4) is 0 Å². The van der Waals surface area contributed by atoms with E-state index in [9.17, 15) is 30.1 Å². The Morgan fingerprint density at radius 2 is 1.65 bits per heavy atom. The monoisotopic (exact) mass is 426 g/mol. The Labute approximate surface area is 171 Å². The van der Waals surface area contributed by atoms with Crippen LogP contribution in [0.5, 0.6) is 0 Å². The first-order chi connectivity index (χ1) is 14.7. The molecule has 31 heavy (non-hydrogen) atoms. The number of nitrogens with zero attached hydrogens (tertiary/aromatic N) is 5. The molecule has 0 saturated heterocycles. The summed E-state index contributed by atoms with van der Waals surface area (Å²) >= 11 is 0. The minimum Gasteiger partial charge on any atom is -0.382 e. The quantitative estimate of drug-likeness (QED) is 0.185. The van der Waals surface area contributed by atoms with Gasteiger partial charge in [0, 0.05) is 24.3 Å². The number of nitrogens with two attached hydrogens (primary N) is 2. The van der Waals surface area contributed by atoms with Gasteiger partial charge >= 0.3 is 0 Å². The molecule has 0 fully saturated rings. The van der Waals surface area contributed by atoms with Crippen LogP contribution in [0.15, 0.2) is 57.5 Å². The highest BCUT2D eigenvalue weighted by Gasteiger charge is 2.23. The van der Waals surface area contributed by atoms with Crippen molar-refractivity contribution in [3.05, 3.63) is 84.3 Å². The number of hydrogen-bond donors (Lipinski definition) is 4. The molecule has 0 radical (unpaired) electrons. The lowest BCUT2D eigenvalue weighted by atomic mass is 10.0. The van der Waals surface area contributed by atoms with E-state index in [0.717, 1.165) is 18.2 Å². The molecule has 2 aromatic carbocycles. The lowest BCUT2D eigenvalue weighted by molar-refractivity contribution is -0.385. The number of aliphatic hydroxyl groups excluding tert-OH is 1. The number of rotatable bonds is 6. The first kappa shape index (κ1) is 21.0. The summed E-state index contributed by atoms with van der Waals surface area (Å²) in [4.78, 5) is 39.7. The van der Waals surface area contributed by atoms with Crippen LogP contribution in [0.3, 0.4) is 0 Å². The van der Waals surface area contributed by atoms with Gasteiger partial charge < -0.3 is 21.6 Å². The van der Waals surface area contributed by atoms with Crippen LogP contribution < -0.4 is 17.0 Å². The zero-order chi connectivity index (χ0) is 22.7. The molecule has 6 N–H and O–H groups in total. The summed E-state index contributed by atoms with van der Waals surface area (Å²) in [6.45, 7) is 0. The molecule has 0 bridgehead atoms. The highest BCUT2D eigenvalue weighted by molar-refractivity contribution is 6.03. The van der Waals surface area contributed by atoms with Gasteiger partial charge in [0.1, 0.15) is 11.8 Å². The van der Waals surface area contributed by atoms with Gasteiger partial charge in [0.05, 0.1) is 20.9 Å². The highest BCUT2D eigenvalue weighted by atomic mass is 16.6. The van der Waals surface area contributed by atoms with Crippen molar-refractivity contribution in [3.63, 3.8) is 0 Å². The van der Waals surface area contributed by atoms with Crippen molar-refractivity contribution < 1.29 is 15.0 Å². The molecule has 1 heterocycles. The van der Waals surface area contributed by atoms with E-state index in [1.807, 2.05) is 0 Å². The maximum Gasteiger partial charge on any atom is 0.276 e. The number of nitrogens with one attached hydrogen (secondary N) is 1. The van der Waals surface area contributed by atoms with E-state index >= 15 is 0 Å². The van der Waals surface area contributed by atoms with E-state index in [4.69, 9.17) is 11.5 Å². The summed E-state index contributed by atoms with van der Waals surface area (Å²) in [7, 11) is 0. The molecule has 3 rings (SSSR count). The van der Waals surface area contributed by atoms with E-state index in [-0.39, 0.29) is 39.4 Å². The molecule has 0 aliphatic heterocycles. The summed E-state index contributed by atoms with van der Waals surface area (Å²) in [6, 6.07) is 8.49. The molecule has 0 amide bonds. The summed E-state index contributed by atoms with van der Waals surface area (Å²) in [5.41, 5.74) is 9.00. The number of fused-ring (bicyclic) bond motifs is 1.